The van der Waals surface area contributed by atoms with Crippen molar-refractivity contribution in [3.05, 3.63) is 29.8 Å². The van der Waals surface area contributed by atoms with Crippen molar-refractivity contribution in [1.29, 1.82) is 0 Å². The third kappa shape index (κ3) is 6.49. The molecule has 1 aliphatic carbocycles. The topological polar surface area (TPSA) is 81.4 Å². The maximum atomic E-state index is 12.1. The van der Waals surface area contributed by atoms with Crippen LogP contribution in [0, 0.1) is 0 Å². The van der Waals surface area contributed by atoms with E-state index in [1.54, 1.807) is 24.3 Å². The predicted octanol–water partition coefficient (Wildman–Crippen LogP) is 2.86. The van der Waals surface area contributed by atoms with Gasteiger partial charge in [0.1, 0.15) is 5.75 Å². The lowest BCUT2D eigenvalue weighted by atomic mass is 9.91. The molecule has 1 aromatic carbocycles. The highest BCUT2D eigenvalue weighted by Gasteiger charge is 2.20. The molecular formula is C18H27ClN2O3. The smallest absolute Gasteiger partial charge is 0.220 e. The first-order valence-corrected chi connectivity index (χ1v) is 8.39. The summed E-state index contributed by atoms with van der Waals surface area (Å²) < 4.78 is 5.35. The summed E-state index contributed by atoms with van der Waals surface area (Å²) in [5.41, 5.74) is 6.47. The maximum Gasteiger partial charge on any atom is 0.220 e. The quantitative estimate of drug-likeness (QED) is 0.738. The molecule has 1 amide bonds. The molecule has 0 atom stereocenters. The minimum atomic E-state index is -0.0512. The number of ether oxygens (including phenoxy) is 1. The summed E-state index contributed by atoms with van der Waals surface area (Å²) in [5, 5.41) is 3.01. The van der Waals surface area contributed by atoms with Crippen LogP contribution in [0.2, 0.25) is 0 Å². The van der Waals surface area contributed by atoms with Crippen LogP contribution in [-0.2, 0) is 4.79 Å². The van der Waals surface area contributed by atoms with Crippen LogP contribution in [0.25, 0.3) is 0 Å². The summed E-state index contributed by atoms with van der Waals surface area (Å²) in [6.45, 7) is 2.51. The molecular weight excluding hydrogens is 328 g/mol. The highest BCUT2D eigenvalue weighted by atomic mass is 35.5. The largest absolute Gasteiger partial charge is 0.494 e. The Balaban J connectivity index is 0.00000288. The minimum Gasteiger partial charge on any atom is -0.494 e. The Labute approximate surface area is 149 Å². The predicted molar refractivity (Wildman–Crippen MR) is 96.8 cm³/mol. The highest BCUT2D eigenvalue weighted by Crippen LogP contribution is 2.17. The number of rotatable bonds is 7. The Morgan fingerprint density at radius 2 is 1.75 bits per heavy atom. The fourth-order valence-corrected chi connectivity index (χ4v) is 2.84. The van der Waals surface area contributed by atoms with Gasteiger partial charge in [-0.2, -0.15) is 0 Å². The van der Waals surface area contributed by atoms with Crippen molar-refractivity contribution in [3.63, 3.8) is 0 Å². The van der Waals surface area contributed by atoms with Crippen LogP contribution in [0.15, 0.2) is 24.3 Å². The number of nitrogens with one attached hydrogen (secondary N) is 1. The maximum absolute atomic E-state index is 12.1. The van der Waals surface area contributed by atoms with E-state index >= 15 is 0 Å². The van der Waals surface area contributed by atoms with Crippen molar-refractivity contribution in [2.45, 2.75) is 57.5 Å². The number of halogens is 1. The summed E-state index contributed by atoms with van der Waals surface area (Å²) >= 11 is 0. The van der Waals surface area contributed by atoms with Gasteiger partial charge in [-0.3, -0.25) is 9.59 Å². The molecule has 1 aromatic rings. The SMILES string of the molecule is CCOc1ccc(C(=O)CCC(=O)NC2CCC(N)CC2)cc1.Cl. The van der Waals surface area contributed by atoms with Gasteiger partial charge in [0.15, 0.2) is 5.78 Å². The summed E-state index contributed by atoms with van der Waals surface area (Å²) in [6.07, 6.45) is 4.23. The third-order valence-corrected chi connectivity index (χ3v) is 4.20. The van der Waals surface area contributed by atoms with Gasteiger partial charge in [-0.15, -0.1) is 12.4 Å². The summed E-state index contributed by atoms with van der Waals surface area (Å²) in [4.78, 5) is 24.1. The summed E-state index contributed by atoms with van der Waals surface area (Å²) in [5.74, 6) is 0.677. The van der Waals surface area contributed by atoms with E-state index in [4.69, 9.17) is 10.5 Å². The van der Waals surface area contributed by atoms with Crippen molar-refractivity contribution in [3.8, 4) is 5.75 Å². The molecule has 0 aliphatic heterocycles. The first kappa shape index (κ1) is 20.5. The normalized spacial score (nSPS) is 19.9. The minimum absolute atomic E-state index is 0. The van der Waals surface area contributed by atoms with E-state index in [0.717, 1.165) is 31.4 Å². The van der Waals surface area contributed by atoms with Gasteiger partial charge in [-0.05, 0) is 56.9 Å². The summed E-state index contributed by atoms with van der Waals surface area (Å²) in [7, 11) is 0. The average molecular weight is 355 g/mol. The zero-order chi connectivity index (χ0) is 16.7. The second-order valence-electron chi connectivity index (χ2n) is 6.06. The third-order valence-electron chi connectivity index (χ3n) is 4.20. The Kier molecular flexibility index (Phi) is 8.79. The molecule has 1 saturated carbocycles. The molecule has 6 heteroatoms. The number of amides is 1. The molecule has 0 bridgehead atoms. The Bertz CT molecular complexity index is 526. The number of nitrogens with two attached hydrogens (primary N) is 1. The molecule has 24 heavy (non-hydrogen) atoms. The monoisotopic (exact) mass is 354 g/mol. The second kappa shape index (κ2) is 10.3. The molecule has 0 heterocycles. The Morgan fingerprint density at radius 3 is 2.33 bits per heavy atom. The number of Topliss-reactive ketones (excluding diaryl/α,β-unsaturated/α-hetero) is 1. The van der Waals surface area contributed by atoms with E-state index < -0.39 is 0 Å². The fourth-order valence-electron chi connectivity index (χ4n) is 2.84. The Hall–Kier alpha value is -1.59. The van der Waals surface area contributed by atoms with Crippen LogP contribution in [0.4, 0.5) is 0 Å². The van der Waals surface area contributed by atoms with Crippen molar-refractivity contribution >= 4 is 24.1 Å². The molecule has 1 aliphatic rings. The van der Waals surface area contributed by atoms with Crippen LogP contribution in [0.3, 0.4) is 0 Å². The van der Waals surface area contributed by atoms with E-state index in [9.17, 15) is 9.59 Å². The molecule has 1 fully saturated rings. The lowest BCUT2D eigenvalue weighted by molar-refractivity contribution is -0.122. The van der Waals surface area contributed by atoms with E-state index in [2.05, 4.69) is 5.32 Å². The molecule has 0 saturated heterocycles. The number of ketones is 1. The van der Waals surface area contributed by atoms with E-state index in [0.29, 0.717) is 12.2 Å². The van der Waals surface area contributed by atoms with Gasteiger partial charge in [0.25, 0.3) is 0 Å². The number of hydrogen-bond acceptors (Lipinski definition) is 4. The molecule has 0 unspecified atom stereocenters. The Morgan fingerprint density at radius 1 is 1.12 bits per heavy atom. The van der Waals surface area contributed by atoms with Gasteiger partial charge in [0, 0.05) is 30.5 Å². The van der Waals surface area contributed by atoms with Gasteiger partial charge < -0.3 is 15.8 Å². The second-order valence-corrected chi connectivity index (χ2v) is 6.06. The van der Waals surface area contributed by atoms with E-state index in [-0.39, 0.29) is 49.0 Å². The highest BCUT2D eigenvalue weighted by molar-refractivity contribution is 5.98. The number of hydrogen-bond donors (Lipinski definition) is 2. The molecule has 0 spiro atoms. The van der Waals surface area contributed by atoms with Gasteiger partial charge in [0.2, 0.25) is 5.91 Å². The van der Waals surface area contributed by atoms with Gasteiger partial charge in [0.05, 0.1) is 6.61 Å². The fraction of sp³-hybridized carbons (Fsp3) is 0.556. The lowest BCUT2D eigenvalue weighted by Crippen LogP contribution is -2.40. The van der Waals surface area contributed by atoms with Crippen LogP contribution in [0.5, 0.6) is 5.75 Å². The van der Waals surface area contributed by atoms with Crippen molar-refractivity contribution in [2.75, 3.05) is 6.61 Å². The molecule has 3 N–H and O–H groups in total. The van der Waals surface area contributed by atoms with Crippen LogP contribution < -0.4 is 15.8 Å². The van der Waals surface area contributed by atoms with Crippen molar-refractivity contribution in [2.24, 2.45) is 5.73 Å². The number of carbonyl (C=O) groups excluding carboxylic acids is 2. The summed E-state index contributed by atoms with van der Waals surface area (Å²) in [6, 6.07) is 7.53. The number of benzene rings is 1. The van der Waals surface area contributed by atoms with Crippen molar-refractivity contribution in [1.82, 2.24) is 5.32 Å². The molecule has 0 radical (unpaired) electrons. The lowest BCUT2D eigenvalue weighted by Gasteiger charge is -2.26. The molecule has 134 valence electrons. The van der Waals surface area contributed by atoms with Crippen molar-refractivity contribution < 1.29 is 14.3 Å². The zero-order valence-corrected chi connectivity index (χ0v) is 14.9. The van der Waals surface area contributed by atoms with Gasteiger partial charge in [-0.25, -0.2) is 0 Å². The van der Waals surface area contributed by atoms with Crippen LogP contribution in [0.1, 0.15) is 55.8 Å². The van der Waals surface area contributed by atoms with Crippen LogP contribution >= 0.6 is 12.4 Å². The van der Waals surface area contributed by atoms with E-state index in [1.807, 2.05) is 6.92 Å². The average Bonchev–Trinajstić information content (AvgIpc) is 2.56. The molecule has 2 rings (SSSR count). The van der Waals surface area contributed by atoms with E-state index in [1.165, 1.54) is 0 Å². The zero-order valence-electron chi connectivity index (χ0n) is 14.1. The standard InChI is InChI=1S/C18H26N2O3.ClH/c1-2-23-16-9-3-13(4-10-16)17(21)11-12-18(22)20-15-7-5-14(19)6-8-15;/h3-4,9-10,14-15H,2,5-8,11-12,19H2,1H3,(H,20,22);1H. The first-order chi connectivity index (χ1) is 11.1. The van der Waals surface area contributed by atoms with Crippen LogP contribution in [-0.4, -0.2) is 30.4 Å². The van der Waals surface area contributed by atoms with Gasteiger partial charge >= 0.3 is 0 Å². The molecule has 5 nitrogen and oxygen atoms in total. The molecule has 0 aromatic heterocycles. The first-order valence-electron chi connectivity index (χ1n) is 8.39. The van der Waals surface area contributed by atoms with Gasteiger partial charge in [-0.1, -0.05) is 0 Å². The number of carbonyl (C=O) groups is 2.